The van der Waals surface area contributed by atoms with Crippen molar-refractivity contribution in [3.8, 4) is 22.3 Å². The minimum Gasteiger partial charge on any atom is -0.453 e. The molecule has 1 saturated carbocycles. The minimum atomic E-state index is -0.813. The molecule has 0 bridgehead atoms. The molecular weight excluding hydrogens is 825 g/mol. The van der Waals surface area contributed by atoms with Crippen LogP contribution in [0.4, 0.5) is 21.0 Å². The Morgan fingerprint density at radius 2 is 0.954 bits per heavy atom. The molecule has 6 amide bonds. The number of carbonyl (C=O) groups is 6. The highest BCUT2D eigenvalue weighted by Gasteiger charge is 2.44. The maximum Gasteiger partial charge on any atom is 0.407 e. The van der Waals surface area contributed by atoms with E-state index >= 15 is 0 Å². The molecule has 3 aromatic rings. The van der Waals surface area contributed by atoms with Crippen LogP contribution in [0.1, 0.15) is 91.2 Å². The predicted molar refractivity (Wildman–Crippen MR) is 250 cm³/mol. The van der Waals surface area contributed by atoms with Crippen molar-refractivity contribution in [1.82, 2.24) is 20.4 Å². The van der Waals surface area contributed by atoms with Crippen molar-refractivity contribution in [2.75, 3.05) is 37.9 Å². The van der Waals surface area contributed by atoms with E-state index in [1.807, 2.05) is 65.8 Å². The van der Waals surface area contributed by atoms with Gasteiger partial charge in [-0.25, -0.2) is 9.59 Å². The second-order valence-corrected chi connectivity index (χ2v) is 19.7. The Labute approximate surface area is 382 Å². The lowest BCUT2D eigenvalue weighted by molar-refractivity contribution is -0.139. The summed E-state index contributed by atoms with van der Waals surface area (Å²) in [4.78, 5) is 82.2. The number of methoxy groups -OCH3 is 2. The van der Waals surface area contributed by atoms with Crippen molar-refractivity contribution < 1.29 is 38.2 Å². The molecule has 1 spiro atoms. The molecule has 4 N–H and O–H groups in total. The fraction of sp³-hybridized carbons (Fsp3) is 0.529. The predicted octanol–water partition coefficient (Wildman–Crippen LogP) is 7.79. The lowest BCUT2D eigenvalue weighted by Crippen LogP contribution is -2.54. The lowest BCUT2D eigenvalue weighted by atomic mass is 9.82. The van der Waals surface area contributed by atoms with E-state index in [1.54, 1.807) is 9.80 Å². The molecule has 14 nitrogen and oxygen atoms in total. The van der Waals surface area contributed by atoms with Gasteiger partial charge in [0.1, 0.15) is 24.2 Å². The van der Waals surface area contributed by atoms with Crippen LogP contribution in [0.15, 0.2) is 60.7 Å². The van der Waals surface area contributed by atoms with Crippen molar-refractivity contribution >= 4 is 47.2 Å². The Kier molecular flexibility index (Phi) is 14.2. The number of carbonyl (C=O) groups excluding carboxylic acids is 6. The number of alkyl carbamates (subject to hydrolysis) is 2. The molecular formula is C51H66N6O8. The van der Waals surface area contributed by atoms with Crippen LogP contribution in [-0.2, 0) is 41.5 Å². The maximum atomic E-state index is 13.8. The van der Waals surface area contributed by atoms with Crippen molar-refractivity contribution in [3.05, 3.63) is 71.8 Å². The Bertz CT molecular complexity index is 2120. The first-order valence-electron chi connectivity index (χ1n) is 23.3. The van der Waals surface area contributed by atoms with Gasteiger partial charge in [-0.15, -0.1) is 0 Å². The molecule has 14 heteroatoms. The molecule has 2 saturated heterocycles. The van der Waals surface area contributed by atoms with Gasteiger partial charge in [-0.1, -0.05) is 90.8 Å². The van der Waals surface area contributed by atoms with Crippen LogP contribution in [0.2, 0.25) is 0 Å². The van der Waals surface area contributed by atoms with Crippen LogP contribution in [0.5, 0.6) is 0 Å². The normalized spacial score (nSPS) is 21.8. The first-order chi connectivity index (χ1) is 31.0. The SMILES string of the molecule is COC(=O)N[C@@H](C(=O)N1C[C@H](C)CC1C(=O)Nc1ccc(-c2ccc(-c3ccc(NC(=O)C4C[C@@H](C)CN4C(=O)[C@H](NC(=O)OC)C(C)C)cc3)c3c2CC2(CCCC2)C3)cc1)C(C)C. The average Bonchev–Trinajstić information content (AvgIpc) is 4.10. The molecule has 2 aliphatic heterocycles. The van der Waals surface area contributed by atoms with Crippen LogP contribution < -0.4 is 21.3 Å². The van der Waals surface area contributed by atoms with Gasteiger partial charge in [0.25, 0.3) is 0 Å². The molecule has 2 heterocycles. The number of amides is 6. The number of likely N-dealkylation sites (tertiary alicyclic amines) is 2. The van der Waals surface area contributed by atoms with Crippen molar-refractivity contribution in [2.45, 2.75) is 117 Å². The van der Waals surface area contributed by atoms with Gasteiger partial charge in [0.05, 0.1) is 14.2 Å². The van der Waals surface area contributed by atoms with Gasteiger partial charge < -0.3 is 40.5 Å². The molecule has 65 heavy (non-hydrogen) atoms. The van der Waals surface area contributed by atoms with Crippen LogP contribution in [0, 0.1) is 29.1 Å². The molecule has 0 radical (unpaired) electrons. The fourth-order valence-corrected chi connectivity index (χ4v) is 10.7. The van der Waals surface area contributed by atoms with E-state index in [-0.39, 0.29) is 52.7 Å². The van der Waals surface area contributed by atoms with Gasteiger partial charge in [0.15, 0.2) is 0 Å². The molecule has 3 aromatic carbocycles. The molecule has 0 aromatic heterocycles. The van der Waals surface area contributed by atoms with Crippen molar-refractivity contribution in [3.63, 3.8) is 0 Å². The zero-order valence-electron chi connectivity index (χ0n) is 39.1. The molecule has 7 rings (SSSR count). The summed E-state index contributed by atoms with van der Waals surface area (Å²) in [6.07, 6.45) is 6.54. The summed E-state index contributed by atoms with van der Waals surface area (Å²) in [6, 6.07) is 17.3. The number of fused-ring (bicyclic) bond motifs is 1. The maximum absolute atomic E-state index is 13.8. The highest BCUT2D eigenvalue weighted by Crippen LogP contribution is 2.53. The summed E-state index contributed by atoms with van der Waals surface area (Å²) < 4.78 is 9.52. The summed E-state index contributed by atoms with van der Waals surface area (Å²) >= 11 is 0. The van der Waals surface area contributed by atoms with E-state index in [1.165, 1.54) is 62.2 Å². The molecule has 6 atom stereocenters. The van der Waals surface area contributed by atoms with Crippen LogP contribution >= 0.6 is 0 Å². The van der Waals surface area contributed by atoms with E-state index < -0.39 is 36.4 Å². The van der Waals surface area contributed by atoms with E-state index in [9.17, 15) is 28.8 Å². The number of nitrogens with zero attached hydrogens (tertiary/aromatic N) is 2. The number of nitrogens with one attached hydrogen (secondary N) is 4. The number of anilines is 2. The summed E-state index contributed by atoms with van der Waals surface area (Å²) in [6.45, 7) is 12.3. The second kappa shape index (κ2) is 19.7. The van der Waals surface area contributed by atoms with E-state index in [0.717, 1.165) is 24.0 Å². The van der Waals surface area contributed by atoms with Crippen molar-refractivity contribution in [2.24, 2.45) is 29.1 Å². The zero-order valence-corrected chi connectivity index (χ0v) is 39.1. The van der Waals surface area contributed by atoms with Crippen LogP contribution in [0.25, 0.3) is 22.3 Å². The number of rotatable bonds is 12. The zero-order chi connectivity index (χ0) is 46.7. The van der Waals surface area contributed by atoms with Crippen LogP contribution in [-0.4, -0.2) is 97.1 Å². The minimum absolute atomic E-state index is 0.119. The number of hydrogen-bond donors (Lipinski definition) is 4. The molecule has 348 valence electrons. The fourth-order valence-electron chi connectivity index (χ4n) is 10.7. The summed E-state index contributed by atoms with van der Waals surface area (Å²) in [7, 11) is 2.52. The summed E-state index contributed by atoms with van der Waals surface area (Å²) in [5.41, 5.74) is 8.72. The molecule has 2 aliphatic carbocycles. The number of benzene rings is 3. The smallest absolute Gasteiger partial charge is 0.407 e. The highest BCUT2D eigenvalue weighted by molar-refractivity contribution is 6.00. The first-order valence-corrected chi connectivity index (χ1v) is 23.3. The Hall–Kier alpha value is -5.92. The monoisotopic (exact) mass is 890 g/mol. The highest BCUT2D eigenvalue weighted by atomic mass is 16.5. The van der Waals surface area contributed by atoms with E-state index in [0.29, 0.717) is 37.3 Å². The van der Waals surface area contributed by atoms with Crippen LogP contribution in [0.3, 0.4) is 0 Å². The van der Waals surface area contributed by atoms with Crippen molar-refractivity contribution in [1.29, 1.82) is 0 Å². The first kappa shape index (κ1) is 47.1. The van der Waals surface area contributed by atoms with E-state index in [4.69, 9.17) is 9.47 Å². The quantitative estimate of drug-likeness (QED) is 0.143. The third kappa shape index (κ3) is 10.2. The largest absolute Gasteiger partial charge is 0.453 e. The third-order valence-corrected chi connectivity index (χ3v) is 14.1. The number of hydrogen-bond acceptors (Lipinski definition) is 8. The van der Waals surface area contributed by atoms with Gasteiger partial charge in [0.2, 0.25) is 23.6 Å². The van der Waals surface area contributed by atoms with E-state index in [2.05, 4.69) is 57.7 Å². The van der Waals surface area contributed by atoms with Gasteiger partial charge in [-0.05, 0) is 125 Å². The summed E-state index contributed by atoms with van der Waals surface area (Å²) in [5, 5.41) is 11.4. The standard InChI is InChI=1S/C51H66N6O8/c1-29(2)43(54-49(62)64-7)47(60)56-27-31(5)23-41(56)45(58)52-35-15-11-33(12-16-35)37-19-20-38(40-26-51(25-39(37)40)21-9-10-22-51)34-13-17-36(18-14-34)53-46(59)42-24-32(6)28-57(42)48(61)44(30(3)4)55-50(63)65-8/h11-20,29-32,41-44H,9-10,21-28H2,1-8H3,(H,52,58)(H,53,59)(H,54,62)(H,55,63)/t31-,32-,41?,42?,43-,44-/m1/s1. The van der Waals surface area contributed by atoms with Gasteiger partial charge >= 0.3 is 12.2 Å². The Morgan fingerprint density at radius 1 is 0.585 bits per heavy atom. The average molecular weight is 891 g/mol. The molecule has 4 aliphatic rings. The third-order valence-electron chi connectivity index (χ3n) is 14.1. The van der Waals surface area contributed by atoms with Gasteiger partial charge in [0, 0.05) is 24.5 Å². The number of ether oxygens (including phenoxy) is 2. The topological polar surface area (TPSA) is 175 Å². The van der Waals surface area contributed by atoms with Gasteiger partial charge in [-0.3, -0.25) is 19.2 Å². The van der Waals surface area contributed by atoms with Gasteiger partial charge in [-0.2, -0.15) is 0 Å². The molecule has 3 fully saturated rings. The lowest BCUT2D eigenvalue weighted by Gasteiger charge is -2.30. The Morgan fingerprint density at radius 3 is 1.29 bits per heavy atom. The molecule has 2 unspecified atom stereocenters. The Balaban J connectivity index is 1.06. The second-order valence-electron chi connectivity index (χ2n) is 19.7. The summed E-state index contributed by atoms with van der Waals surface area (Å²) in [5.74, 6) is -1.27.